The van der Waals surface area contributed by atoms with Crippen molar-refractivity contribution >= 4 is 6.29 Å². The Morgan fingerprint density at radius 2 is 2.02 bits per heavy atom. The van der Waals surface area contributed by atoms with Gasteiger partial charge in [-0.15, -0.1) is 0 Å². The zero-order valence-electron chi connectivity index (χ0n) is 25.9. The van der Waals surface area contributed by atoms with Crippen LogP contribution in [0.1, 0.15) is 78.1 Å². The van der Waals surface area contributed by atoms with Gasteiger partial charge in [-0.05, 0) is 120 Å². The number of carbonyl (C=O) groups excluding carboxylic acids is 1. The van der Waals surface area contributed by atoms with Crippen molar-refractivity contribution < 1.29 is 25.2 Å². The van der Waals surface area contributed by atoms with Crippen LogP contribution in [0.25, 0.3) is 0 Å². The maximum absolute atomic E-state index is 12.8. The van der Waals surface area contributed by atoms with Crippen LogP contribution < -0.4 is 5.32 Å². The molecule has 0 saturated heterocycles. The van der Waals surface area contributed by atoms with Gasteiger partial charge in [0, 0.05) is 23.4 Å². The van der Waals surface area contributed by atoms with E-state index in [-0.39, 0.29) is 31.0 Å². The Labute approximate surface area is 252 Å². The third-order valence-corrected chi connectivity index (χ3v) is 10.9. The molecule has 7 unspecified atom stereocenters. The van der Waals surface area contributed by atoms with Gasteiger partial charge in [0.25, 0.3) is 0 Å². The monoisotopic (exact) mass is 579 g/mol. The first-order valence-electron chi connectivity index (χ1n) is 16.0. The highest BCUT2D eigenvalue weighted by Gasteiger charge is 2.71. The number of rotatable bonds is 13. The van der Waals surface area contributed by atoms with Crippen LogP contribution in [0.4, 0.5) is 0 Å². The molecule has 0 radical (unpaired) electrons. The first kappa shape index (κ1) is 32.8. The van der Waals surface area contributed by atoms with Crippen molar-refractivity contribution in [3.05, 3.63) is 70.9 Å². The molecule has 232 valence electrons. The molecular weight excluding hydrogens is 526 g/mol. The van der Waals surface area contributed by atoms with Gasteiger partial charge in [0.15, 0.2) is 0 Å². The largest absolute Gasteiger partial charge is 0.396 e. The molecule has 42 heavy (non-hydrogen) atoms. The van der Waals surface area contributed by atoms with Crippen LogP contribution in [0.5, 0.6) is 0 Å². The van der Waals surface area contributed by atoms with E-state index in [1.807, 2.05) is 25.3 Å². The Balaban J connectivity index is 1.76. The third kappa shape index (κ3) is 5.86. The van der Waals surface area contributed by atoms with Crippen LogP contribution in [0.3, 0.4) is 0 Å². The molecule has 6 nitrogen and oxygen atoms in total. The average molecular weight is 580 g/mol. The van der Waals surface area contributed by atoms with Crippen LogP contribution in [0.2, 0.25) is 0 Å². The maximum atomic E-state index is 12.8. The molecule has 1 spiro atoms. The highest BCUT2D eigenvalue weighted by molar-refractivity contribution is 5.76. The summed E-state index contributed by atoms with van der Waals surface area (Å²) < 4.78 is 0. The Bertz CT molecular complexity index is 1160. The fourth-order valence-corrected chi connectivity index (χ4v) is 9.07. The number of aliphatic hydroxyl groups excluding tert-OH is 3. The Morgan fingerprint density at radius 1 is 1.24 bits per heavy atom. The van der Waals surface area contributed by atoms with Crippen LogP contribution in [-0.4, -0.2) is 65.2 Å². The predicted octanol–water partition coefficient (Wildman–Crippen LogP) is 5.12. The van der Waals surface area contributed by atoms with Crippen molar-refractivity contribution in [2.45, 2.75) is 89.8 Å². The van der Waals surface area contributed by atoms with E-state index in [1.54, 1.807) is 0 Å². The third-order valence-electron chi connectivity index (χ3n) is 10.9. The molecule has 0 aromatic carbocycles. The van der Waals surface area contributed by atoms with E-state index in [4.69, 9.17) is 0 Å². The maximum Gasteiger partial charge on any atom is 0.146 e. The lowest BCUT2D eigenvalue weighted by atomic mass is 9.40. The van der Waals surface area contributed by atoms with Gasteiger partial charge in [0.2, 0.25) is 0 Å². The summed E-state index contributed by atoms with van der Waals surface area (Å²) >= 11 is 0. The highest BCUT2D eigenvalue weighted by Crippen LogP contribution is 2.72. The van der Waals surface area contributed by atoms with Crippen LogP contribution in [0.15, 0.2) is 70.9 Å². The second-order valence-corrected chi connectivity index (χ2v) is 13.5. The van der Waals surface area contributed by atoms with Gasteiger partial charge in [0.05, 0.1) is 18.3 Å². The van der Waals surface area contributed by atoms with Crippen LogP contribution in [0, 0.1) is 28.6 Å². The lowest BCUT2D eigenvalue weighted by Crippen LogP contribution is -2.67. The molecule has 0 aliphatic heterocycles. The number of aliphatic hydroxyl groups is 4. The smallest absolute Gasteiger partial charge is 0.146 e. The van der Waals surface area contributed by atoms with Gasteiger partial charge in [-0.25, -0.2) is 0 Å². The SMILES string of the molecule is C=C(C=CC=C(CO)C1CCC2(C1O)C1C3=C(C=O)CCCC3(C=CC1CCO)CC2(O)CCNC)CCC=C(C)C. The average Bonchev–Trinajstić information content (AvgIpc) is 3.30. The molecular formula is C36H53NO5. The van der Waals surface area contributed by atoms with Gasteiger partial charge in [0.1, 0.15) is 6.29 Å². The molecule has 2 bridgehead atoms. The number of nitrogens with one attached hydrogen (secondary N) is 1. The summed E-state index contributed by atoms with van der Waals surface area (Å²) in [6, 6.07) is 0. The van der Waals surface area contributed by atoms with E-state index in [0.29, 0.717) is 45.1 Å². The Hall–Kier alpha value is -2.09. The van der Waals surface area contributed by atoms with Gasteiger partial charge in [-0.3, -0.25) is 4.79 Å². The lowest BCUT2D eigenvalue weighted by molar-refractivity contribution is -0.207. The zero-order chi connectivity index (χ0) is 30.5. The molecule has 0 aromatic rings. The number of allylic oxidation sites excluding steroid dienone is 10. The van der Waals surface area contributed by atoms with Crippen molar-refractivity contribution in [3.8, 4) is 0 Å². The van der Waals surface area contributed by atoms with Gasteiger partial charge >= 0.3 is 0 Å². The summed E-state index contributed by atoms with van der Waals surface area (Å²) in [7, 11) is 1.88. The topological polar surface area (TPSA) is 110 Å². The molecule has 2 saturated carbocycles. The molecule has 2 fully saturated rings. The number of fused-ring (bicyclic) bond motifs is 1. The van der Waals surface area contributed by atoms with E-state index in [0.717, 1.165) is 54.3 Å². The van der Waals surface area contributed by atoms with Crippen molar-refractivity contribution in [3.63, 3.8) is 0 Å². The minimum atomic E-state index is -1.18. The molecule has 4 aliphatic carbocycles. The number of aldehydes is 1. The van der Waals surface area contributed by atoms with E-state index in [2.05, 4.69) is 44.0 Å². The van der Waals surface area contributed by atoms with E-state index >= 15 is 0 Å². The lowest BCUT2D eigenvalue weighted by Gasteiger charge is -2.66. The highest BCUT2D eigenvalue weighted by atomic mass is 16.3. The predicted molar refractivity (Wildman–Crippen MR) is 169 cm³/mol. The first-order chi connectivity index (χ1) is 20.1. The summed E-state index contributed by atoms with van der Waals surface area (Å²) in [5.41, 5.74) is 2.46. The summed E-state index contributed by atoms with van der Waals surface area (Å²) in [5, 5.41) is 49.1. The fourth-order valence-electron chi connectivity index (χ4n) is 9.07. The summed E-state index contributed by atoms with van der Waals surface area (Å²) in [6.45, 7) is 8.75. The van der Waals surface area contributed by atoms with Crippen LogP contribution >= 0.6 is 0 Å². The minimum Gasteiger partial charge on any atom is -0.396 e. The van der Waals surface area contributed by atoms with Crippen molar-refractivity contribution in [2.24, 2.45) is 28.6 Å². The summed E-state index contributed by atoms with van der Waals surface area (Å²) in [6.07, 6.45) is 19.4. The number of hydrogen-bond donors (Lipinski definition) is 5. The molecule has 6 heteroatoms. The molecule has 4 rings (SSSR count). The standard InChI is InChI=1S/C36H53NO5/c1-25(2)8-5-9-26(3)10-6-11-28(22-39)30-14-18-36(33(30)41)32-27(15-21-38)13-17-34(24-35(36,42)19-20-37-4)16-7-12-29(23-40)31(32)34/h6,8,10-11,13,17,23,27,30,32-33,37-39,41-42H,3,5,7,9,12,14-16,18-22,24H2,1-2,4H3. The van der Waals surface area contributed by atoms with Gasteiger partial charge < -0.3 is 25.7 Å². The number of hydrogen-bond acceptors (Lipinski definition) is 6. The summed E-state index contributed by atoms with van der Waals surface area (Å²) in [5.74, 6) is -0.667. The second-order valence-electron chi connectivity index (χ2n) is 13.5. The van der Waals surface area contributed by atoms with Gasteiger partial charge in [-0.2, -0.15) is 0 Å². The molecule has 0 aromatic heterocycles. The molecule has 0 amide bonds. The minimum absolute atomic E-state index is 0.00313. The van der Waals surface area contributed by atoms with Crippen LogP contribution in [-0.2, 0) is 4.79 Å². The normalized spacial score (nSPS) is 36.0. The zero-order valence-corrected chi connectivity index (χ0v) is 25.9. The first-order valence-corrected chi connectivity index (χ1v) is 16.0. The molecule has 4 aliphatic rings. The van der Waals surface area contributed by atoms with Crippen molar-refractivity contribution in [1.29, 1.82) is 0 Å². The summed E-state index contributed by atoms with van der Waals surface area (Å²) in [4.78, 5) is 12.5. The molecule has 7 atom stereocenters. The van der Waals surface area contributed by atoms with Crippen molar-refractivity contribution in [2.75, 3.05) is 26.8 Å². The van der Waals surface area contributed by atoms with E-state index in [1.165, 1.54) is 5.57 Å². The number of carbonyl (C=O) groups is 1. The van der Waals surface area contributed by atoms with Gasteiger partial charge in [-0.1, -0.05) is 54.2 Å². The van der Waals surface area contributed by atoms with E-state index < -0.39 is 22.5 Å². The fraction of sp³-hybridized carbons (Fsp3) is 0.639. The molecule has 5 N–H and O–H groups in total. The quantitative estimate of drug-likeness (QED) is 0.118. The Morgan fingerprint density at radius 3 is 2.69 bits per heavy atom. The molecule has 0 heterocycles. The van der Waals surface area contributed by atoms with E-state index in [9.17, 15) is 25.2 Å². The van der Waals surface area contributed by atoms with Crippen molar-refractivity contribution in [1.82, 2.24) is 5.32 Å². The second kappa shape index (κ2) is 13.7. The Kier molecular flexibility index (Phi) is 10.7.